The molecule has 2 nitrogen and oxygen atoms in total. The van der Waals surface area contributed by atoms with Crippen LogP contribution >= 0.6 is 0 Å². The summed E-state index contributed by atoms with van der Waals surface area (Å²) in [4.78, 5) is 0. The number of aromatic nitrogens is 1. The highest BCUT2D eigenvalue weighted by Gasteiger charge is 2.11. The molecule has 2 aromatic carbocycles. The van der Waals surface area contributed by atoms with Crippen LogP contribution in [0.25, 0.3) is 16.6 Å². The highest BCUT2D eigenvalue weighted by Crippen LogP contribution is 2.28. The van der Waals surface area contributed by atoms with Crippen LogP contribution < -0.4 is 0 Å². The van der Waals surface area contributed by atoms with Crippen molar-refractivity contribution < 1.29 is 9.50 Å². The van der Waals surface area contributed by atoms with Gasteiger partial charge >= 0.3 is 0 Å². The molecule has 0 aliphatic carbocycles. The standard InChI is InChI=1S/C14H10FNO/c15-14-9-10-5-1-2-6-11(10)16(14)12-7-3-4-8-13(12)17/h1-9,17H. The van der Waals surface area contributed by atoms with Crippen molar-refractivity contribution in [1.29, 1.82) is 0 Å². The molecule has 0 saturated heterocycles. The minimum Gasteiger partial charge on any atom is -0.506 e. The second-order valence-corrected chi connectivity index (χ2v) is 3.85. The zero-order chi connectivity index (χ0) is 11.8. The molecule has 1 N–H and O–H groups in total. The average molecular weight is 227 g/mol. The molecule has 17 heavy (non-hydrogen) atoms. The molecule has 0 atom stereocenters. The molecule has 0 spiro atoms. The Morgan fingerprint density at radius 1 is 0.941 bits per heavy atom. The van der Waals surface area contributed by atoms with Gasteiger partial charge in [0, 0.05) is 11.5 Å². The van der Waals surface area contributed by atoms with E-state index < -0.39 is 0 Å². The largest absolute Gasteiger partial charge is 0.506 e. The van der Waals surface area contributed by atoms with Crippen molar-refractivity contribution in [3.63, 3.8) is 0 Å². The maximum absolute atomic E-state index is 13.9. The van der Waals surface area contributed by atoms with Crippen molar-refractivity contribution in [2.24, 2.45) is 0 Å². The monoisotopic (exact) mass is 227 g/mol. The van der Waals surface area contributed by atoms with Crippen LogP contribution in [-0.4, -0.2) is 9.67 Å². The summed E-state index contributed by atoms with van der Waals surface area (Å²) < 4.78 is 15.3. The Bertz CT molecular complexity index is 688. The first kappa shape index (κ1) is 9.90. The predicted molar refractivity (Wildman–Crippen MR) is 64.9 cm³/mol. The van der Waals surface area contributed by atoms with E-state index in [1.54, 1.807) is 24.3 Å². The highest BCUT2D eigenvalue weighted by molar-refractivity contribution is 5.82. The van der Waals surface area contributed by atoms with Crippen molar-refractivity contribution in [3.8, 4) is 11.4 Å². The van der Waals surface area contributed by atoms with Crippen LogP contribution in [0.3, 0.4) is 0 Å². The van der Waals surface area contributed by atoms with E-state index >= 15 is 0 Å². The van der Waals surface area contributed by atoms with E-state index in [0.29, 0.717) is 5.69 Å². The van der Waals surface area contributed by atoms with Gasteiger partial charge in [0.2, 0.25) is 0 Å². The van der Waals surface area contributed by atoms with Gasteiger partial charge in [-0.3, -0.25) is 4.57 Å². The first-order valence-electron chi connectivity index (χ1n) is 5.32. The number of benzene rings is 2. The summed E-state index contributed by atoms with van der Waals surface area (Å²) in [6.07, 6.45) is 0. The molecule has 1 aromatic heterocycles. The summed E-state index contributed by atoms with van der Waals surface area (Å²) in [7, 11) is 0. The lowest BCUT2D eigenvalue weighted by Crippen LogP contribution is -1.96. The third kappa shape index (κ3) is 1.47. The van der Waals surface area contributed by atoms with Gasteiger partial charge in [-0.05, 0) is 18.2 Å². The maximum atomic E-state index is 13.9. The lowest BCUT2D eigenvalue weighted by molar-refractivity contribution is 0.467. The Kier molecular flexibility index (Phi) is 2.11. The van der Waals surface area contributed by atoms with Crippen molar-refractivity contribution in [1.82, 2.24) is 4.57 Å². The molecule has 84 valence electrons. The van der Waals surface area contributed by atoms with E-state index in [4.69, 9.17) is 0 Å². The second-order valence-electron chi connectivity index (χ2n) is 3.85. The van der Waals surface area contributed by atoms with Crippen molar-refractivity contribution >= 4 is 10.9 Å². The Morgan fingerprint density at radius 2 is 1.65 bits per heavy atom. The molecule has 0 saturated carbocycles. The van der Waals surface area contributed by atoms with Gasteiger partial charge in [0.15, 0.2) is 5.95 Å². The van der Waals surface area contributed by atoms with Crippen LogP contribution in [0.1, 0.15) is 0 Å². The number of nitrogens with zero attached hydrogens (tertiary/aromatic N) is 1. The Balaban J connectivity index is 2.38. The van der Waals surface area contributed by atoms with Crippen LogP contribution in [0.4, 0.5) is 4.39 Å². The zero-order valence-electron chi connectivity index (χ0n) is 8.97. The van der Waals surface area contributed by atoms with Gasteiger partial charge in [0.1, 0.15) is 5.75 Å². The fourth-order valence-electron chi connectivity index (χ4n) is 2.02. The summed E-state index contributed by atoms with van der Waals surface area (Å²) in [5.41, 5.74) is 1.19. The average Bonchev–Trinajstić information content (AvgIpc) is 2.66. The molecular formula is C14H10FNO. The predicted octanol–water partition coefficient (Wildman–Crippen LogP) is 3.48. The van der Waals surface area contributed by atoms with E-state index in [-0.39, 0.29) is 11.7 Å². The SMILES string of the molecule is Oc1ccccc1-n1c(F)cc2ccccc21. The molecule has 1 heterocycles. The van der Waals surface area contributed by atoms with E-state index in [0.717, 1.165) is 10.9 Å². The van der Waals surface area contributed by atoms with Crippen LogP contribution in [0.2, 0.25) is 0 Å². The van der Waals surface area contributed by atoms with Crippen LogP contribution in [0.5, 0.6) is 5.75 Å². The third-order valence-corrected chi connectivity index (χ3v) is 2.79. The van der Waals surface area contributed by atoms with Gasteiger partial charge in [-0.2, -0.15) is 4.39 Å². The number of para-hydroxylation sites is 3. The summed E-state index contributed by atoms with van der Waals surface area (Å²) >= 11 is 0. The number of halogens is 1. The second kappa shape index (κ2) is 3.63. The van der Waals surface area contributed by atoms with Crippen molar-refractivity contribution in [2.75, 3.05) is 0 Å². The number of hydrogen-bond acceptors (Lipinski definition) is 1. The van der Waals surface area contributed by atoms with Gasteiger partial charge in [-0.15, -0.1) is 0 Å². The van der Waals surface area contributed by atoms with Crippen molar-refractivity contribution in [3.05, 3.63) is 60.5 Å². The summed E-state index contributed by atoms with van der Waals surface area (Å²) in [6.45, 7) is 0. The summed E-state index contributed by atoms with van der Waals surface area (Å²) in [5.74, 6) is -0.319. The fraction of sp³-hybridized carbons (Fsp3) is 0. The molecule has 0 amide bonds. The number of rotatable bonds is 1. The van der Waals surface area contributed by atoms with Crippen LogP contribution in [-0.2, 0) is 0 Å². The van der Waals surface area contributed by atoms with E-state index in [1.807, 2.05) is 24.3 Å². The first-order chi connectivity index (χ1) is 8.27. The molecule has 3 rings (SSSR count). The molecule has 0 unspecified atom stereocenters. The van der Waals surface area contributed by atoms with Crippen molar-refractivity contribution in [2.45, 2.75) is 0 Å². The van der Waals surface area contributed by atoms with E-state index in [2.05, 4.69) is 0 Å². The third-order valence-electron chi connectivity index (χ3n) is 2.79. The molecule has 0 fully saturated rings. The molecule has 0 aliphatic rings. The van der Waals surface area contributed by atoms with Gasteiger partial charge in [0.25, 0.3) is 0 Å². The smallest absolute Gasteiger partial charge is 0.199 e. The fourth-order valence-corrected chi connectivity index (χ4v) is 2.02. The number of fused-ring (bicyclic) bond motifs is 1. The number of hydrogen-bond donors (Lipinski definition) is 1. The van der Waals surface area contributed by atoms with E-state index in [9.17, 15) is 9.50 Å². The van der Waals surface area contributed by atoms with Gasteiger partial charge in [0.05, 0.1) is 11.2 Å². The summed E-state index contributed by atoms with van der Waals surface area (Å²) in [5, 5.41) is 10.6. The lowest BCUT2D eigenvalue weighted by atomic mass is 10.2. The molecule has 0 aliphatic heterocycles. The highest BCUT2D eigenvalue weighted by atomic mass is 19.1. The lowest BCUT2D eigenvalue weighted by Gasteiger charge is -2.08. The molecule has 0 radical (unpaired) electrons. The van der Waals surface area contributed by atoms with Gasteiger partial charge < -0.3 is 5.11 Å². The molecular weight excluding hydrogens is 217 g/mol. The molecule has 3 aromatic rings. The van der Waals surface area contributed by atoms with Gasteiger partial charge in [-0.25, -0.2) is 0 Å². The quantitative estimate of drug-likeness (QED) is 0.676. The molecule has 0 bridgehead atoms. The Morgan fingerprint density at radius 3 is 2.47 bits per heavy atom. The normalized spacial score (nSPS) is 10.9. The number of phenols is 1. The van der Waals surface area contributed by atoms with Gasteiger partial charge in [-0.1, -0.05) is 30.3 Å². The minimum atomic E-state index is -0.382. The topological polar surface area (TPSA) is 25.2 Å². The Labute approximate surface area is 97.5 Å². The van der Waals surface area contributed by atoms with E-state index in [1.165, 1.54) is 10.6 Å². The molecule has 3 heteroatoms. The number of phenolic OH excluding ortho intramolecular Hbond substituents is 1. The maximum Gasteiger partial charge on any atom is 0.199 e. The summed E-state index contributed by atoms with van der Waals surface area (Å²) in [6, 6.07) is 15.5. The van der Waals surface area contributed by atoms with Crippen LogP contribution in [0, 0.1) is 5.95 Å². The number of aromatic hydroxyl groups is 1. The minimum absolute atomic E-state index is 0.0627. The first-order valence-corrected chi connectivity index (χ1v) is 5.32. The Hall–Kier alpha value is -2.29. The van der Waals surface area contributed by atoms with Crippen LogP contribution in [0.15, 0.2) is 54.6 Å². The zero-order valence-corrected chi connectivity index (χ0v) is 8.97.